The zero-order valence-electron chi connectivity index (χ0n) is 18.5. The van der Waals surface area contributed by atoms with Crippen LogP contribution in [0.5, 0.6) is 0 Å². The van der Waals surface area contributed by atoms with Crippen molar-refractivity contribution in [3.05, 3.63) is 70.5 Å². The number of hydrogen-bond donors (Lipinski definition) is 2. The SMILES string of the molecule is CCCc1nnc2n1N[C@H](c1ccc(CC)cc1)[C@H](C(=O)Nc1cc(C)cc(C)c1)S2. The molecule has 0 radical (unpaired) electrons. The first-order chi connectivity index (χ1) is 15.0. The summed E-state index contributed by atoms with van der Waals surface area (Å²) in [7, 11) is 0. The van der Waals surface area contributed by atoms with Crippen LogP contribution in [-0.4, -0.2) is 26.0 Å². The summed E-state index contributed by atoms with van der Waals surface area (Å²) < 4.78 is 1.95. The molecule has 0 saturated heterocycles. The number of thioether (sulfide) groups is 1. The Balaban J connectivity index is 1.66. The number of nitrogens with one attached hydrogen (secondary N) is 2. The van der Waals surface area contributed by atoms with Crippen molar-refractivity contribution in [2.24, 2.45) is 0 Å². The lowest BCUT2D eigenvalue weighted by molar-refractivity contribution is -0.116. The fourth-order valence-corrected chi connectivity index (χ4v) is 5.05. The van der Waals surface area contributed by atoms with Crippen LogP contribution in [0.4, 0.5) is 5.69 Å². The van der Waals surface area contributed by atoms with Crippen molar-refractivity contribution >= 4 is 23.4 Å². The highest BCUT2D eigenvalue weighted by atomic mass is 32.2. The number of anilines is 1. The van der Waals surface area contributed by atoms with Gasteiger partial charge in [0, 0.05) is 12.1 Å². The van der Waals surface area contributed by atoms with Crippen molar-refractivity contribution in [1.82, 2.24) is 14.9 Å². The van der Waals surface area contributed by atoms with E-state index in [1.54, 1.807) is 0 Å². The van der Waals surface area contributed by atoms with E-state index in [-0.39, 0.29) is 17.2 Å². The Morgan fingerprint density at radius 1 is 1.10 bits per heavy atom. The van der Waals surface area contributed by atoms with E-state index in [0.717, 1.165) is 52.6 Å². The molecule has 2 N–H and O–H groups in total. The maximum Gasteiger partial charge on any atom is 0.240 e. The van der Waals surface area contributed by atoms with Crippen molar-refractivity contribution in [3.63, 3.8) is 0 Å². The van der Waals surface area contributed by atoms with Gasteiger partial charge in [0.2, 0.25) is 11.1 Å². The Kier molecular flexibility index (Phi) is 6.32. The molecular formula is C24H29N5OS. The van der Waals surface area contributed by atoms with Crippen LogP contribution < -0.4 is 10.7 Å². The van der Waals surface area contributed by atoms with Gasteiger partial charge in [0.15, 0.2) is 5.82 Å². The lowest BCUT2D eigenvalue weighted by atomic mass is 10.0. The fourth-order valence-electron chi connectivity index (χ4n) is 3.96. The van der Waals surface area contributed by atoms with E-state index in [2.05, 4.69) is 65.1 Å². The van der Waals surface area contributed by atoms with Crippen LogP contribution in [0.25, 0.3) is 0 Å². The molecule has 7 heteroatoms. The molecule has 2 atom stereocenters. The highest BCUT2D eigenvalue weighted by Crippen LogP contribution is 2.38. The van der Waals surface area contributed by atoms with Crippen LogP contribution in [0.2, 0.25) is 0 Å². The molecule has 0 fully saturated rings. The first-order valence-electron chi connectivity index (χ1n) is 10.8. The Morgan fingerprint density at radius 2 is 1.81 bits per heavy atom. The minimum atomic E-state index is -0.375. The van der Waals surface area contributed by atoms with E-state index in [4.69, 9.17) is 0 Å². The standard InChI is InChI=1S/C24H29N5OS/c1-5-7-20-26-27-24-29(20)28-21(18-10-8-17(6-2)9-11-18)22(31-24)23(30)25-19-13-15(3)12-16(4)14-19/h8-14,21-22,28H,5-7H2,1-4H3,(H,25,30)/t21-,22-/m1/s1. The first kappa shape index (κ1) is 21.4. The second-order valence-corrected chi connectivity index (χ2v) is 9.20. The Hall–Kier alpha value is -2.80. The molecule has 0 spiro atoms. The van der Waals surface area contributed by atoms with Gasteiger partial charge < -0.3 is 10.7 Å². The molecule has 6 nitrogen and oxygen atoms in total. The molecule has 1 amide bonds. The maximum atomic E-state index is 13.4. The zero-order chi connectivity index (χ0) is 22.0. The lowest BCUT2D eigenvalue weighted by Crippen LogP contribution is -2.41. The number of fused-ring (bicyclic) bond motifs is 1. The number of aromatic nitrogens is 3. The average molecular weight is 436 g/mol. The predicted octanol–water partition coefficient (Wildman–Crippen LogP) is 4.81. The Morgan fingerprint density at radius 3 is 2.45 bits per heavy atom. The number of hydrogen-bond acceptors (Lipinski definition) is 5. The number of aryl methyl sites for hydroxylation is 4. The van der Waals surface area contributed by atoms with Gasteiger partial charge in [0.05, 0.1) is 6.04 Å². The summed E-state index contributed by atoms with van der Waals surface area (Å²) in [6, 6.07) is 14.4. The quantitative estimate of drug-likeness (QED) is 0.581. The normalized spacial score (nSPS) is 17.7. The summed E-state index contributed by atoms with van der Waals surface area (Å²) in [4.78, 5) is 13.4. The Bertz CT molecular complexity index is 1060. The second kappa shape index (κ2) is 9.14. The smallest absolute Gasteiger partial charge is 0.240 e. The van der Waals surface area contributed by atoms with Gasteiger partial charge >= 0.3 is 0 Å². The van der Waals surface area contributed by atoms with Crippen LogP contribution in [0.1, 0.15) is 54.4 Å². The van der Waals surface area contributed by atoms with Gasteiger partial charge in [-0.15, -0.1) is 10.2 Å². The maximum absolute atomic E-state index is 13.4. The number of amides is 1. The van der Waals surface area contributed by atoms with Crippen LogP contribution >= 0.6 is 11.8 Å². The van der Waals surface area contributed by atoms with Crippen molar-refractivity contribution < 1.29 is 4.79 Å². The summed E-state index contributed by atoms with van der Waals surface area (Å²) in [5.74, 6) is 0.853. The number of carbonyl (C=O) groups is 1. The van der Waals surface area contributed by atoms with Crippen molar-refractivity contribution in [3.8, 4) is 0 Å². The Labute approximate surface area is 187 Å². The first-order valence-corrected chi connectivity index (χ1v) is 11.7. The number of nitrogens with zero attached hydrogens (tertiary/aromatic N) is 3. The fraction of sp³-hybridized carbons (Fsp3) is 0.375. The van der Waals surface area contributed by atoms with Crippen molar-refractivity contribution in [2.45, 2.75) is 63.4 Å². The predicted molar refractivity (Wildman–Crippen MR) is 126 cm³/mol. The molecule has 0 unspecified atom stereocenters. The highest BCUT2D eigenvalue weighted by Gasteiger charge is 2.37. The van der Waals surface area contributed by atoms with E-state index in [0.29, 0.717) is 0 Å². The monoisotopic (exact) mass is 435 g/mol. The topological polar surface area (TPSA) is 71.8 Å². The summed E-state index contributed by atoms with van der Waals surface area (Å²) in [5.41, 5.74) is 8.96. The van der Waals surface area contributed by atoms with Gasteiger partial charge in [0.25, 0.3) is 0 Å². The van der Waals surface area contributed by atoms with E-state index in [1.165, 1.54) is 17.3 Å². The van der Waals surface area contributed by atoms with E-state index in [9.17, 15) is 4.79 Å². The summed E-state index contributed by atoms with van der Waals surface area (Å²) in [5, 5.41) is 12.1. The summed E-state index contributed by atoms with van der Waals surface area (Å²) in [6.45, 7) is 8.34. The molecule has 0 aliphatic carbocycles. The molecule has 1 aliphatic rings. The molecule has 0 bridgehead atoms. The molecular weight excluding hydrogens is 406 g/mol. The number of rotatable bonds is 6. The average Bonchev–Trinajstić information content (AvgIpc) is 3.14. The summed E-state index contributed by atoms with van der Waals surface area (Å²) >= 11 is 1.47. The van der Waals surface area contributed by atoms with Crippen molar-refractivity contribution in [2.75, 3.05) is 10.7 Å². The zero-order valence-corrected chi connectivity index (χ0v) is 19.3. The van der Waals surface area contributed by atoms with Gasteiger partial charge in [-0.25, -0.2) is 4.68 Å². The molecule has 162 valence electrons. The minimum Gasteiger partial charge on any atom is -0.325 e. The third kappa shape index (κ3) is 4.61. The highest BCUT2D eigenvalue weighted by molar-refractivity contribution is 8.00. The molecule has 1 aliphatic heterocycles. The largest absolute Gasteiger partial charge is 0.325 e. The molecule has 1 aromatic heterocycles. The molecule has 3 aromatic rings. The van der Waals surface area contributed by atoms with E-state index in [1.807, 2.05) is 30.7 Å². The molecule has 2 heterocycles. The second-order valence-electron chi connectivity index (χ2n) is 8.09. The molecule has 4 rings (SSSR count). The van der Waals surface area contributed by atoms with E-state index < -0.39 is 0 Å². The third-order valence-corrected chi connectivity index (χ3v) is 6.69. The van der Waals surface area contributed by atoms with E-state index >= 15 is 0 Å². The lowest BCUT2D eigenvalue weighted by Gasteiger charge is -2.33. The molecule has 0 saturated carbocycles. The van der Waals surface area contributed by atoms with Gasteiger partial charge in [-0.3, -0.25) is 4.79 Å². The van der Waals surface area contributed by atoms with Gasteiger partial charge in [-0.1, -0.05) is 55.9 Å². The van der Waals surface area contributed by atoms with Crippen LogP contribution in [0, 0.1) is 13.8 Å². The van der Waals surface area contributed by atoms with Crippen LogP contribution in [0.15, 0.2) is 47.6 Å². The van der Waals surface area contributed by atoms with Crippen LogP contribution in [-0.2, 0) is 17.6 Å². The molecule has 2 aromatic carbocycles. The van der Waals surface area contributed by atoms with Gasteiger partial charge in [-0.05, 0) is 61.1 Å². The minimum absolute atomic E-state index is 0.0432. The van der Waals surface area contributed by atoms with Crippen molar-refractivity contribution in [1.29, 1.82) is 0 Å². The number of carbonyl (C=O) groups excluding carboxylic acids is 1. The third-order valence-electron chi connectivity index (χ3n) is 5.47. The van der Waals surface area contributed by atoms with Gasteiger partial charge in [0.1, 0.15) is 5.25 Å². The van der Waals surface area contributed by atoms with Gasteiger partial charge in [-0.2, -0.15) is 0 Å². The molecule has 31 heavy (non-hydrogen) atoms. The summed E-state index contributed by atoms with van der Waals surface area (Å²) in [6.07, 6.45) is 2.80. The number of benzene rings is 2. The van der Waals surface area contributed by atoms with Crippen LogP contribution in [0.3, 0.4) is 0 Å².